The second-order valence-electron chi connectivity index (χ2n) is 4.05. The first-order valence-corrected chi connectivity index (χ1v) is 5.52. The van der Waals surface area contributed by atoms with E-state index >= 15 is 0 Å². The first-order chi connectivity index (χ1) is 8.01. The number of carbonyl (C=O) groups is 2. The van der Waals surface area contributed by atoms with Crippen LogP contribution in [0.15, 0.2) is 17.6 Å². The molecule has 0 spiro atoms. The zero-order valence-electron chi connectivity index (χ0n) is 9.82. The van der Waals surface area contributed by atoms with Crippen molar-refractivity contribution in [2.45, 2.75) is 38.1 Å². The van der Waals surface area contributed by atoms with Crippen LogP contribution in [0.4, 0.5) is 4.79 Å². The van der Waals surface area contributed by atoms with Gasteiger partial charge in [0.1, 0.15) is 0 Å². The number of carboxylic acid groups (broad SMARTS) is 1. The van der Waals surface area contributed by atoms with Crippen molar-refractivity contribution in [1.29, 1.82) is 0 Å². The number of amides is 2. The number of nitrogens with one attached hydrogen (secondary N) is 2. The summed E-state index contributed by atoms with van der Waals surface area (Å²) in [6.07, 6.45) is 2.96. The van der Waals surface area contributed by atoms with Gasteiger partial charge in [-0.15, -0.1) is 11.6 Å². The molecular weight excluding hydrogens is 222 g/mol. The molecule has 94 valence electrons. The van der Waals surface area contributed by atoms with Gasteiger partial charge in [0.05, 0.1) is 6.42 Å². The molecule has 6 nitrogen and oxygen atoms in total. The Hall–Kier alpha value is -1.85. The molecule has 0 bridgehead atoms. The van der Waals surface area contributed by atoms with Crippen molar-refractivity contribution in [3.8, 4) is 0 Å². The van der Waals surface area contributed by atoms with E-state index in [1.54, 1.807) is 6.08 Å². The van der Waals surface area contributed by atoms with E-state index in [1.165, 1.54) is 0 Å². The van der Waals surface area contributed by atoms with Gasteiger partial charge in [-0.25, -0.2) is 4.79 Å². The van der Waals surface area contributed by atoms with Crippen LogP contribution in [0.2, 0.25) is 0 Å². The van der Waals surface area contributed by atoms with Gasteiger partial charge in [-0.2, -0.15) is 0 Å². The summed E-state index contributed by atoms with van der Waals surface area (Å²) in [6.45, 7) is 5.60. The number of allylic oxidation sites excluding steroid dienone is 1. The molecule has 17 heavy (non-hydrogen) atoms. The van der Waals surface area contributed by atoms with Crippen LogP contribution in [0.5, 0.6) is 0 Å². The Bertz CT molecular complexity index is 365. The van der Waals surface area contributed by atoms with Gasteiger partial charge in [-0.1, -0.05) is 13.0 Å². The van der Waals surface area contributed by atoms with Crippen LogP contribution < -0.4 is 10.6 Å². The van der Waals surface area contributed by atoms with Crippen LogP contribution >= 0.6 is 0 Å². The fraction of sp³-hybridized carbons (Fsp3) is 0.545. The second-order valence-corrected chi connectivity index (χ2v) is 4.05. The fourth-order valence-corrected chi connectivity index (χ4v) is 1.88. The molecule has 1 aliphatic rings. The van der Waals surface area contributed by atoms with Gasteiger partial charge in [-0.05, 0) is 19.3 Å². The Kier molecular flexibility index (Phi) is 4.25. The van der Waals surface area contributed by atoms with E-state index in [2.05, 4.69) is 22.2 Å². The second kappa shape index (κ2) is 5.47. The number of nitrogens with zero attached hydrogens (tertiary/aromatic N) is 1. The predicted octanol–water partition coefficient (Wildman–Crippen LogP) is 1.24. The lowest BCUT2D eigenvalue weighted by atomic mass is 9.85. The Morgan fingerprint density at radius 2 is 2.41 bits per heavy atom. The third kappa shape index (κ3) is 3.58. The van der Waals surface area contributed by atoms with E-state index in [0.717, 1.165) is 12.8 Å². The minimum absolute atomic E-state index is 0.0136. The molecule has 0 aromatic carbocycles. The van der Waals surface area contributed by atoms with Gasteiger partial charge >= 0.3 is 6.09 Å². The van der Waals surface area contributed by atoms with Crippen molar-refractivity contribution in [3.63, 3.8) is 0 Å². The summed E-state index contributed by atoms with van der Waals surface area (Å²) in [5.41, 5.74) is -0.426. The lowest BCUT2D eigenvalue weighted by molar-refractivity contribution is -0.122. The lowest BCUT2D eigenvalue weighted by Gasteiger charge is -2.38. The molecular formula is C11H17N3O3. The highest BCUT2D eigenvalue weighted by Gasteiger charge is 2.36. The van der Waals surface area contributed by atoms with Gasteiger partial charge in [0, 0.05) is 5.54 Å². The van der Waals surface area contributed by atoms with E-state index < -0.39 is 11.6 Å². The highest BCUT2D eigenvalue weighted by Crippen LogP contribution is 2.24. The number of hydrogen-bond donors (Lipinski definition) is 3. The van der Waals surface area contributed by atoms with E-state index in [9.17, 15) is 9.59 Å². The van der Waals surface area contributed by atoms with E-state index in [0.29, 0.717) is 12.8 Å². The monoisotopic (exact) mass is 239 g/mol. The normalized spacial score (nSPS) is 26.2. The molecule has 1 aliphatic heterocycles. The summed E-state index contributed by atoms with van der Waals surface area (Å²) in [7, 11) is 0. The highest BCUT2D eigenvalue weighted by molar-refractivity contribution is 6.03. The molecule has 0 saturated carbocycles. The van der Waals surface area contributed by atoms with Crippen molar-refractivity contribution in [3.05, 3.63) is 12.7 Å². The van der Waals surface area contributed by atoms with E-state index in [1.807, 2.05) is 6.92 Å². The van der Waals surface area contributed by atoms with Crippen LogP contribution in [0, 0.1) is 0 Å². The van der Waals surface area contributed by atoms with E-state index in [-0.39, 0.29) is 11.9 Å². The molecule has 2 amide bonds. The van der Waals surface area contributed by atoms with Crippen LogP contribution in [0.1, 0.15) is 32.6 Å². The van der Waals surface area contributed by atoms with Crippen LogP contribution in [0.3, 0.4) is 0 Å². The largest absolute Gasteiger partial charge is 0.463 e. The summed E-state index contributed by atoms with van der Waals surface area (Å²) in [4.78, 5) is 25.3. The zero-order valence-corrected chi connectivity index (χ0v) is 9.82. The first kappa shape index (κ1) is 13.2. The fourth-order valence-electron chi connectivity index (χ4n) is 1.88. The van der Waals surface area contributed by atoms with Crippen molar-refractivity contribution in [2.75, 3.05) is 0 Å². The SMILES string of the molecule is C=CCC[C@]1(CC)CC(=O)N/C(=N/C(=O)O)N1. The molecule has 1 rings (SSSR count). The van der Waals surface area contributed by atoms with E-state index in [4.69, 9.17) is 5.11 Å². The molecule has 1 saturated heterocycles. The van der Waals surface area contributed by atoms with Crippen molar-refractivity contribution in [2.24, 2.45) is 4.99 Å². The third-order valence-electron chi connectivity index (χ3n) is 2.85. The van der Waals surface area contributed by atoms with Gasteiger partial charge in [0.15, 0.2) is 0 Å². The molecule has 0 aromatic rings. The number of carbonyl (C=O) groups excluding carboxylic acids is 1. The van der Waals surface area contributed by atoms with Crippen molar-refractivity contribution < 1.29 is 14.7 Å². The predicted molar refractivity (Wildman–Crippen MR) is 63.8 cm³/mol. The van der Waals surface area contributed by atoms with Crippen molar-refractivity contribution in [1.82, 2.24) is 10.6 Å². The summed E-state index contributed by atoms with van der Waals surface area (Å²) < 4.78 is 0. The maximum Gasteiger partial charge on any atom is 0.434 e. The Labute approximate surface area is 99.8 Å². The standard InChI is InChI=1S/C11H17N3O3/c1-3-5-6-11(4-2)7-8(15)12-9(14-11)13-10(16)17/h3H,1,4-7H2,2H3,(H,16,17)(H2,12,13,14,15)/t11-/m1/s1. The molecule has 0 radical (unpaired) electrons. The average molecular weight is 239 g/mol. The molecule has 1 fully saturated rings. The van der Waals surface area contributed by atoms with Crippen LogP contribution in [-0.4, -0.2) is 28.6 Å². The molecule has 1 atom stereocenters. The maximum absolute atomic E-state index is 11.5. The molecule has 6 heteroatoms. The van der Waals surface area contributed by atoms with Gasteiger partial charge in [0.25, 0.3) is 0 Å². The quantitative estimate of drug-likeness (QED) is 0.644. The lowest BCUT2D eigenvalue weighted by Crippen LogP contribution is -2.61. The summed E-state index contributed by atoms with van der Waals surface area (Å²) in [6, 6.07) is 0. The van der Waals surface area contributed by atoms with Crippen LogP contribution in [0.25, 0.3) is 0 Å². The number of aliphatic imine (C=N–C) groups is 1. The molecule has 0 unspecified atom stereocenters. The third-order valence-corrected chi connectivity index (χ3v) is 2.85. The Morgan fingerprint density at radius 1 is 1.71 bits per heavy atom. The molecule has 1 heterocycles. The van der Waals surface area contributed by atoms with Crippen molar-refractivity contribution >= 4 is 18.0 Å². The number of hydrogen-bond acceptors (Lipinski definition) is 2. The topological polar surface area (TPSA) is 90.8 Å². The highest BCUT2D eigenvalue weighted by atomic mass is 16.4. The average Bonchev–Trinajstić information content (AvgIpc) is 2.24. The first-order valence-electron chi connectivity index (χ1n) is 5.52. The number of rotatable bonds is 4. The van der Waals surface area contributed by atoms with Gasteiger partial charge in [-0.3, -0.25) is 10.1 Å². The van der Waals surface area contributed by atoms with Crippen LogP contribution in [-0.2, 0) is 4.79 Å². The Morgan fingerprint density at radius 3 is 2.94 bits per heavy atom. The minimum Gasteiger partial charge on any atom is -0.463 e. The molecule has 3 N–H and O–H groups in total. The smallest absolute Gasteiger partial charge is 0.434 e. The summed E-state index contributed by atoms with van der Waals surface area (Å²) in [5, 5.41) is 14.0. The maximum atomic E-state index is 11.5. The summed E-state index contributed by atoms with van der Waals surface area (Å²) in [5.74, 6) is -0.200. The van der Waals surface area contributed by atoms with Gasteiger partial charge in [0.2, 0.25) is 11.9 Å². The Balaban J connectivity index is 2.87. The molecule has 0 aromatic heterocycles. The molecule has 0 aliphatic carbocycles. The number of guanidine groups is 1. The summed E-state index contributed by atoms with van der Waals surface area (Å²) >= 11 is 0. The minimum atomic E-state index is -1.33. The zero-order chi connectivity index (χ0) is 12.9. The van der Waals surface area contributed by atoms with Gasteiger partial charge < -0.3 is 10.4 Å².